The second-order valence-electron chi connectivity index (χ2n) is 6.24. The van der Waals surface area contributed by atoms with E-state index < -0.39 is 5.91 Å². The Kier molecular flexibility index (Phi) is 5.05. The molecule has 0 spiro atoms. The molecule has 6 nitrogen and oxygen atoms in total. The Morgan fingerprint density at radius 1 is 1.25 bits per heavy atom. The Labute approximate surface area is 142 Å². The summed E-state index contributed by atoms with van der Waals surface area (Å²) in [4.78, 5) is 24.5. The van der Waals surface area contributed by atoms with E-state index in [1.165, 1.54) is 11.8 Å². The summed E-state index contributed by atoms with van der Waals surface area (Å²) < 4.78 is 0. The molecule has 24 heavy (non-hydrogen) atoms. The van der Waals surface area contributed by atoms with Gasteiger partial charge in [0.2, 0.25) is 0 Å². The predicted molar refractivity (Wildman–Crippen MR) is 93.7 cm³/mol. The highest BCUT2D eigenvalue weighted by molar-refractivity contribution is 5.90. The van der Waals surface area contributed by atoms with E-state index in [4.69, 9.17) is 5.73 Å². The number of carbonyl (C=O) groups is 1. The topological polar surface area (TPSA) is 75.3 Å². The van der Waals surface area contributed by atoms with Crippen LogP contribution in [-0.4, -0.2) is 46.5 Å². The first kappa shape index (κ1) is 16.4. The quantitative estimate of drug-likeness (QED) is 0.925. The summed E-state index contributed by atoms with van der Waals surface area (Å²) in [6.45, 7) is 6.01. The summed E-state index contributed by atoms with van der Waals surface area (Å²) in [5.41, 5.74) is 6.86. The summed E-state index contributed by atoms with van der Waals surface area (Å²) in [6, 6.07) is 10.8. The molecule has 0 aliphatic carbocycles. The lowest BCUT2D eigenvalue weighted by molar-refractivity contribution is 0.0995. The van der Waals surface area contributed by atoms with Gasteiger partial charge >= 0.3 is 0 Å². The molecule has 1 amide bonds. The zero-order chi connectivity index (χ0) is 16.9. The molecule has 1 aromatic carbocycles. The van der Waals surface area contributed by atoms with Crippen LogP contribution >= 0.6 is 0 Å². The van der Waals surface area contributed by atoms with E-state index in [0.29, 0.717) is 0 Å². The Morgan fingerprint density at radius 2 is 2.04 bits per heavy atom. The van der Waals surface area contributed by atoms with Gasteiger partial charge in [-0.2, -0.15) is 0 Å². The zero-order valence-electron chi connectivity index (χ0n) is 13.9. The number of nitrogens with two attached hydrogens (primary N) is 1. The number of carbonyl (C=O) groups excluding carboxylic acids is 1. The molecule has 2 aromatic rings. The molecular weight excluding hydrogens is 302 g/mol. The van der Waals surface area contributed by atoms with E-state index >= 15 is 0 Å². The lowest BCUT2D eigenvalue weighted by Crippen LogP contribution is -2.39. The number of benzene rings is 1. The Hall–Kier alpha value is -2.47. The molecule has 0 radical (unpaired) electrons. The predicted octanol–water partition coefficient (Wildman–Crippen LogP) is 1.68. The monoisotopic (exact) mass is 325 g/mol. The molecule has 1 fully saturated rings. The van der Waals surface area contributed by atoms with Gasteiger partial charge in [0.05, 0.1) is 12.4 Å². The van der Waals surface area contributed by atoms with Gasteiger partial charge in [0.15, 0.2) is 0 Å². The highest BCUT2D eigenvalue weighted by Crippen LogP contribution is 2.19. The van der Waals surface area contributed by atoms with E-state index in [2.05, 4.69) is 51.0 Å². The molecular formula is C18H23N5O. The molecule has 1 aliphatic heterocycles. The maximum atomic E-state index is 11.3. The fourth-order valence-corrected chi connectivity index (χ4v) is 3.19. The van der Waals surface area contributed by atoms with Crippen LogP contribution in [0.3, 0.4) is 0 Å². The first-order valence-corrected chi connectivity index (χ1v) is 8.28. The minimum atomic E-state index is -0.544. The van der Waals surface area contributed by atoms with Crippen LogP contribution in [0.5, 0.6) is 0 Å². The smallest absolute Gasteiger partial charge is 0.268 e. The summed E-state index contributed by atoms with van der Waals surface area (Å²) in [5.74, 6) is 0.179. The molecule has 1 saturated heterocycles. The number of amides is 1. The molecule has 1 aliphatic rings. The number of aromatic nitrogens is 2. The summed E-state index contributed by atoms with van der Waals surface area (Å²) >= 11 is 0. The van der Waals surface area contributed by atoms with Crippen molar-refractivity contribution in [3.63, 3.8) is 0 Å². The van der Waals surface area contributed by atoms with E-state index in [9.17, 15) is 4.79 Å². The molecule has 6 heteroatoms. The van der Waals surface area contributed by atoms with Crippen molar-refractivity contribution in [3.05, 3.63) is 54.0 Å². The van der Waals surface area contributed by atoms with Crippen LogP contribution in [0.2, 0.25) is 0 Å². The van der Waals surface area contributed by atoms with Crippen molar-refractivity contribution in [3.8, 4) is 0 Å². The molecule has 2 N–H and O–H groups in total. The molecule has 0 saturated carbocycles. The van der Waals surface area contributed by atoms with Gasteiger partial charge in [-0.15, -0.1) is 0 Å². The second kappa shape index (κ2) is 7.40. The third kappa shape index (κ3) is 3.89. The van der Waals surface area contributed by atoms with Gasteiger partial charge < -0.3 is 10.6 Å². The van der Waals surface area contributed by atoms with Crippen LogP contribution in [0.15, 0.2) is 42.7 Å². The van der Waals surface area contributed by atoms with Crippen LogP contribution < -0.4 is 10.6 Å². The maximum Gasteiger partial charge on any atom is 0.268 e. The van der Waals surface area contributed by atoms with Crippen LogP contribution in [0.25, 0.3) is 0 Å². The van der Waals surface area contributed by atoms with Crippen molar-refractivity contribution in [2.45, 2.75) is 25.9 Å². The van der Waals surface area contributed by atoms with Crippen molar-refractivity contribution in [2.24, 2.45) is 5.73 Å². The largest absolute Gasteiger partial charge is 0.364 e. The number of anilines is 1. The van der Waals surface area contributed by atoms with E-state index in [-0.39, 0.29) is 11.7 Å². The maximum absolute atomic E-state index is 11.3. The molecule has 2 heterocycles. The van der Waals surface area contributed by atoms with Crippen molar-refractivity contribution in [1.29, 1.82) is 0 Å². The number of nitrogens with zero attached hydrogens (tertiary/aromatic N) is 4. The van der Waals surface area contributed by atoms with E-state index in [0.717, 1.165) is 38.4 Å². The van der Waals surface area contributed by atoms with Crippen LogP contribution in [-0.2, 0) is 6.54 Å². The zero-order valence-corrected chi connectivity index (χ0v) is 13.9. The molecule has 1 aromatic heterocycles. The fraction of sp³-hybridized carbons (Fsp3) is 0.389. The van der Waals surface area contributed by atoms with Gasteiger partial charge in [0.1, 0.15) is 11.5 Å². The van der Waals surface area contributed by atoms with Gasteiger partial charge in [0.25, 0.3) is 5.91 Å². The van der Waals surface area contributed by atoms with Crippen molar-refractivity contribution in [2.75, 3.05) is 24.5 Å². The van der Waals surface area contributed by atoms with Crippen LogP contribution in [0.4, 0.5) is 5.82 Å². The summed E-state index contributed by atoms with van der Waals surface area (Å²) in [6.07, 6.45) is 4.16. The Bertz CT molecular complexity index is 691. The van der Waals surface area contributed by atoms with Crippen molar-refractivity contribution in [1.82, 2.24) is 14.9 Å². The van der Waals surface area contributed by atoms with Crippen molar-refractivity contribution >= 4 is 11.7 Å². The van der Waals surface area contributed by atoms with Gasteiger partial charge in [-0.3, -0.25) is 14.7 Å². The minimum Gasteiger partial charge on any atom is -0.364 e. The fourth-order valence-electron chi connectivity index (χ4n) is 3.19. The first-order valence-electron chi connectivity index (χ1n) is 8.28. The molecule has 3 rings (SSSR count). The second-order valence-corrected chi connectivity index (χ2v) is 6.24. The molecule has 0 unspecified atom stereocenters. The summed E-state index contributed by atoms with van der Waals surface area (Å²) in [5, 5.41) is 0. The van der Waals surface area contributed by atoms with Gasteiger partial charge in [0, 0.05) is 32.2 Å². The normalized spacial score (nSPS) is 19.0. The van der Waals surface area contributed by atoms with Crippen molar-refractivity contribution < 1.29 is 4.79 Å². The number of hydrogen-bond acceptors (Lipinski definition) is 5. The number of primary amides is 1. The highest BCUT2D eigenvalue weighted by atomic mass is 16.1. The third-order valence-corrected chi connectivity index (χ3v) is 4.35. The van der Waals surface area contributed by atoms with Crippen LogP contribution in [0, 0.1) is 0 Å². The highest BCUT2D eigenvalue weighted by Gasteiger charge is 2.23. The van der Waals surface area contributed by atoms with Gasteiger partial charge in [-0.1, -0.05) is 30.3 Å². The average Bonchev–Trinajstić information content (AvgIpc) is 2.77. The molecule has 0 bridgehead atoms. The lowest BCUT2D eigenvalue weighted by atomic mass is 10.2. The molecule has 126 valence electrons. The average molecular weight is 325 g/mol. The SMILES string of the molecule is C[C@H]1CN(Cc2ccccc2)CCCN1c1cncc(C(N)=O)n1. The number of rotatable bonds is 4. The van der Waals surface area contributed by atoms with Gasteiger partial charge in [-0.05, 0) is 18.9 Å². The van der Waals surface area contributed by atoms with E-state index in [1.807, 2.05) is 6.07 Å². The third-order valence-electron chi connectivity index (χ3n) is 4.35. The van der Waals surface area contributed by atoms with Crippen LogP contribution in [0.1, 0.15) is 29.4 Å². The van der Waals surface area contributed by atoms with Gasteiger partial charge in [-0.25, -0.2) is 4.98 Å². The number of hydrogen-bond donors (Lipinski definition) is 1. The molecule has 1 atom stereocenters. The summed E-state index contributed by atoms with van der Waals surface area (Å²) in [7, 11) is 0. The lowest BCUT2D eigenvalue weighted by Gasteiger charge is -2.29. The standard InChI is InChI=1S/C18H23N5O/c1-14-12-22(13-15-6-3-2-4-7-15)8-5-9-23(14)17-11-20-10-16(21-17)18(19)24/h2-4,6-7,10-11,14H,5,8-9,12-13H2,1H3,(H2,19,24)/t14-/m0/s1. The minimum absolute atomic E-state index is 0.213. The Morgan fingerprint density at radius 3 is 2.79 bits per heavy atom. The van der Waals surface area contributed by atoms with E-state index in [1.54, 1.807) is 6.20 Å². The first-order chi connectivity index (χ1) is 11.6. The Balaban J connectivity index is 1.71.